The van der Waals surface area contributed by atoms with Crippen molar-refractivity contribution in [2.45, 2.75) is 26.7 Å². The Morgan fingerprint density at radius 1 is 1.23 bits per heavy atom. The number of amides is 1. The number of rotatable bonds is 4. The van der Waals surface area contributed by atoms with Crippen LogP contribution in [0.4, 0.5) is 0 Å². The minimum Gasteiger partial charge on any atom is -0.508 e. The first-order valence-corrected chi connectivity index (χ1v) is 8.15. The fourth-order valence-corrected chi connectivity index (χ4v) is 2.50. The molecule has 2 N–H and O–H groups in total. The van der Waals surface area contributed by atoms with Crippen LogP contribution in [0.5, 0.6) is 17.2 Å². The van der Waals surface area contributed by atoms with Gasteiger partial charge in [-0.2, -0.15) is 9.59 Å². The fraction of sp³-hybridized carbons (Fsp3) is 0.263. The van der Waals surface area contributed by atoms with Crippen molar-refractivity contribution in [3.63, 3.8) is 0 Å². The van der Waals surface area contributed by atoms with Crippen molar-refractivity contribution in [1.82, 2.24) is 5.32 Å². The summed E-state index contributed by atoms with van der Waals surface area (Å²) in [5.41, 5.74) is 2.09. The summed E-state index contributed by atoms with van der Waals surface area (Å²) in [6.45, 7) is 5.81. The van der Waals surface area contributed by atoms with Crippen LogP contribution in [0.25, 0.3) is 0 Å². The Bertz CT molecular complexity index is 827. The van der Waals surface area contributed by atoms with E-state index in [4.69, 9.17) is 25.9 Å². The summed E-state index contributed by atoms with van der Waals surface area (Å²) in [4.78, 5) is 28.0. The fourth-order valence-electron chi connectivity index (χ4n) is 2.30. The molecule has 0 bridgehead atoms. The number of aryl methyl sites for hydroxylation is 1. The van der Waals surface area contributed by atoms with E-state index in [0.717, 1.165) is 11.1 Å². The van der Waals surface area contributed by atoms with E-state index in [1.54, 1.807) is 37.4 Å². The van der Waals surface area contributed by atoms with E-state index in [2.05, 4.69) is 5.32 Å². The smallest absolute Gasteiger partial charge is 0.373 e. The molecule has 2 rings (SSSR count). The molecule has 138 valence electrons. The highest BCUT2D eigenvalue weighted by Gasteiger charge is 2.14. The summed E-state index contributed by atoms with van der Waals surface area (Å²) in [5.74, 6) is 1.27. The molecule has 0 saturated carbocycles. The van der Waals surface area contributed by atoms with Crippen molar-refractivity contribution >= 4 is 23.7 Å². The first-order valence-electron chi connectivity index (χ1n) is 7.77. The molecule has 0 aliphatic carbocycles. The summed E-state index contributed by atoms with van der Waals surface area (Å²) < 4.78 is 5.83. The Balaban J connectivity index is 0.00000105. The monoisotopic (exact) mass is 377 g/mol. The van der Waals surface area contributed by atoms with E-state index >= 15 is 0 Å². The number of ether oxygens (including phenoxy) is 1. The second-order valence-corrected chi connectivity index (χ2v) is 6.14. The Morgan fingerprint density at radius 2 is 1.85 bits per heavy atom. The van der Waals surface area contributed by atoms with Crippen molar-refractivity contribution in [3.05, 3.63) is 52.0 Å². The van der Waals surface area contributed by atoms with Crippen LogP contribution in [0.3, 0.4) is 0 Å². The number of phenolic OH excluding ortho intramolecular Hbond substituents is 1. The maximum absolute atomic E-state index is 11.8. The van der Waals surface area contributed by atoms with Gasteiger partial charge in [-0.3, -0.25) is 4.79 Å². The lowest BCUT2D eigenvalue weighted by molar-refractivity contribution is -0.191. The van der Waals surface area contributed by atoms with Crippen LogP contribution in [-0.2, 0) is 9.59 Å². The average Bonchev–Trinajstić information content (AvgIpc) is 2.59. The van der Waals surface area contributed by atoms with Gasteiger partial charge in [-0.05, 0) is 48.7 Å². The second kappa shape index (κ2) is 9.61. The summed E-state index contributed by atoms with van der Waals surface area (Å²) in [6, 6.07) is 8.39. The predicted octanol–water partition coefficient (Wildman–Crippen LogP) is 4.05. The van der Waals surface area contributed by atoms with Gasteiger partial charge in [0.1, 0.15) is 17.2 Å². The molecule has 0 radical (unpaired) electrons. The second-order valence-electron chi connectivity index (χ2n) is 5.74. The highest BCUT2D eigenvalue weighted by Crippen LogP contribution is 2.35. The highest BCUT2D eigenvalue weighted by molar-refractivity contribution is 6.32. The lowest BCUT2D eigenvalue weighted by Gasteiger charge is -2.14. The number of benzene rings is 2. The first-order chi connectivity index (χ1) is 12.2. The molecule has 0 heterocycles. The zero-order chi connectivity index (χ0) is 19.9. The molecule has 0 unspecified atom stereocenters. The van der Waals surface area contributed by atoms with Gasteiger partial charge in [0.2, 0.25) is 0 Å². The van der Waals surface area contributed by atoms with Gasteiger partial charge in [-0.15, -0.1) is 0 Å². The van der Waals surface area contributed by atoms with Crippen molar-refractivity contribution < 1.29 is 24.2 Å². The van der Waals surface area contributed by atoms with E-state index in [9.17, 15) is 9.90 Å². The molecule has 1 amide bonds. The number of hydrogen-bond acceptors (Lipinski definition) is 5. The van der Waals surface area contributed by atoms with Gasteiger partial charge in [0.05, 0.1) is 5.02 Å². The molecule has 26 heavy (non-hydrogen) atoms. The summed E-state index contributed by atoms with van der Waals surface area (Å²) >= 11 is 6.23. The molecule has 6 nitrogen and oxygen atoms in total. The van der Waals surface area contributed by atoms with Crippen LogP contribution in [0, 0.1) is 6.92 Å². The van der Waals surface area contributed by atoms with Gasteiger partial charge >= 0.3 is 6.15 Å². The number of aromatic hydroxyl groups is 1. The van der Waals surface area contributed by atoms with Gasteiger partial charge in [0.25, 0.3) is 5.91 Å². The molecule has 0 aliphatic rings. The Labute approximate surface area is 156 Å². The van der Waals surface area contributed by atoms with Crippen molar-refractivity contribution in [1.29, 1.82) is 0 Å². The summed E-state index contributed by atoms with van der Waals surface area (Å²) in [6.07, 6.45) is 0.250. The molecular weight excluding hydrogens is 358 g/mol. The van der Waals surface area contributed by atoms with E-state index in [1.165, 1.54) is 0 Å². The molecule has 2 aromatic carbocycles. The number of hydrogen-bond donors (Lipinski definition) is 2. The lowest BCUT2D eigenvalue weighted by Crippen LogP contribution is -2.18. The maximum Gasteiger partial charge on any atom is 0.373 e. The van der Waals surface area contributed by atoms with Crippen LogP contribution < -0.4 is 10.1 Å². The molecule has 2 aromatic rings. The number of carbonyl (C=O) groups excluding carboxylic acids is 3. The molecule has 0 aromatic heterocycles. The standard InChI is InChI=1S/C18H20ClNO3.CO2/c1-10(2)13-8-12(5-6-16(13)21)23-17-7-11(3)14(9-15(17)19)18(22)20-4;2-1-3/h5-10,21H,1-4H3,(H,20,22);. The Hall–Kier alpha value is -2.82. The van der Waals surface area contributed by atoms with Gasteiger partial charge < -0.3 is 15.2 Å². The quantitative estimate of drug-likeness (QED) is 0.838. The zero-order valence-corrected chi connectivity index (χ0v) is 15.7. The molecule has 7 heteroatoms. The number of phenols is 1. The third-order valence-corrected chi connectivity index (χ3v) is 3.89. The number of nitrogens with one attached hydrogen (secondary N) is 1. The van der Waals surface area contributed by atoms with Crippen LogP contribution in [0.1, 0.15) is 41.3 Å². The first kappa shape index (κ1) is 21.2. The van der Waals surface area contributed by atoms with Crippen molar-refractivity contribution in [2.75, 3.05) is 7.05 Å². The normalized spacial score (nSPS) is 9.77. The third kappa shape index (κ3) is 5.34. The minimum absolute atomic E-state index is 0.173. The average molecular weight is 378 g/mol. The largest absolute Gasteiger partial charge is 0.508 e. The maximum atomic E-state index is 11.8. The molecule has 0 atom stereocenters. The molecule has 0 fully saturated rings. The van der Waals surface area contributed by atoms with E-state index < -0.39 is 0 Å². The molecule has 0 spiro atoms. The van der Waals surface area contributed by atoms with Crippen LogP contribution in [-0.4, -0.2) is 24.2 Å². The summed E-state index contributed by atoms with van der Waals surface area (Å²) in [7, 11) is 1.57. The number of carbonyl (C=O) groups is 1. The SMILES string of the molecule is CNC(=O)c1cc(Cl)c(Oc2ccc(O)c(C(C)C)c2)cc1C.O=C=O. The van der Waals surface area contributed by atoms with Gasteiger partial charge in [0, 0.05) is 18.2 Å². The van der Waals surface area contributed by atoms with Gasteiger partial charge in [0.15, 0.2) is 0 Å². The highest BCUT2D eigenvalue weighted by atomic mass is 35.5. The zero-order valence-electron chi connectivity index (χ0n) is 14.9. The topological polar surface area (TPSA) is 92.7 Å². The summed E-state index contributed by atoms with van der Waals surface area (Å²) in [5, 5.41) is 12.8. The van der Waals surface area contributed by atoms with Gasteiger partial charge in [-0.1, -0.05) is 25.4 Å². The minimum atomic E-state index is -0.192. The molecular formula is C19H20ClNO5. The third-order valence-electron chi connectivity index (χ3n) is 3.60. The Morgan fingerprint density at radius 3 is 2.38 bits per heavy atom. The van der Waals surface area contributed by atoms with E-state index in [1.807, 2.05) is 20.8 Å². The van der Waals surface area contributed by atoms with Crippen LogP contribution >= 0.6 is 11.6 Å². The van der Waals surface area contributed by atoms with E-state index in [0.29, 0.717) is 22.1 Å². The number of halogens is 1. The van der Waals surface area contributed by atoms with Crippen LogP contribution in [0.2, 0.25) is 5.02 Å². The molecule has 0 aliphatic heterocycles. The molecule has 0 saturated heterocycles. The Kier molecular flexibility index (Phi) is 7.84. The van der Waals surface area contributed by atoms with Gasteiger partial charge in [-0.25, -0.2) is 0 Å². The van der Waals surface area contributed by atoms with Crippen LogP contribution in [0.15, 0.2) is 30.3 Å². The van der Waals surface area contributed by atoms with Crippen molar-refractivity contribution in [3.8, 4) is 17.2 Å². The van der Waals surface area contributed by atoms with Crippen molar-refractivity contribution in [2.24, 2.45) is 0 Å². The van der Waals surface area contributed by atoms with E-state index in [-0.39, 0.29) is 23.7 Å². The predicted molar refractivity (Wildman–Crippen MR) is 96.9 cm³/mol. The lowest BCUT2D eigenvalue weighted by atomic mass is 10.0.